The highest BCUT2D eigenvalue weighted by Gasteiger charge is 2.27. The molecule has 0 spiro atoms. The highest BCUT2D eigenvalue weighted by molar-refractivity contribution is 6.29. The molecule has 0 aliphatic carbocycles. The van der Waals surface area contributed by atoms with E-state index in [1.54, 1.807) is 13.0 Å². The van der Waals surface area contributed by atoms with Crippen LogP contribution in [-0.4, -0.2) is 50.3 Å². The molecule has 3 aromatic rings. The minimum absolute atomic E-state index is 0.0951. The quantitative estimate of drug-likeness (QED) is 0.428. The molecule has 10 heteroatoms. The lowest BCUT2D eigenvalue weighted by Crippen LogP contribution is -2.40. The van der Waals surface area contributed by atoms with Gasteiger partial charge in [-0.1, -0.05) is 17.7 Å². The van der Waals surface area contributed by atoms with Gasteiger partial charge >= 0.3 is 5.97 Å². The zero-order valence-electron chi connectivity index (χ0n) is 19.8. The number of anilines is 2. The summed E-state index contributed by atoms with van der Waals surface area (Å²) in [7, 11) is 0. The summed E-state index contributed by atoms with van der Waals surface area (Å²) in [6.07, 6.45) is 1.36. The molecule has 9 nitrogen and oxygen atoms in total. The van der Waals surface area contributed by atoms with Crippen molar-refractivity contribution in [2.75, 3.05) is 23.3 Å². The lowest BCUT2D eigenvalue weighted by Gasteiger charge is -2.35. The van der Waals surface area contributed by atoms with Gasteiger partial charge in [-0.15, -0.1) is 0 Å². The number of halogens is 1. The fourth-order valence-corrected chi connectivity index (χ4v) is 4.72. The molecule has 0 bridgehead atoms. The van der Waals surface area contributed by atoms with E-state index >= 15 is 0 Å². The van der Waals surface area contributed by atoms with Gasteiger partial charge in [-0.25, -0.2) is 19.7 Å². The van der Waals surface area contributed by atoms with Gasteiger partial charge in [0.05, 0.1) is 28.9 Å². The van der Waals surface area contributed by atoms with Crippen LogP contribution in [0, 0.1) is 24.2 Å². The van der Waals surface area contributed by atoms with Crippen LogP contribution in [-0.2, 0) is 0 Å². The van der Waals surface area contributed by atoms with Crippen LogP contribution in [0.4, 0.5) is 11.5 Å². The zero-order valence-corrected chi connectivity index (χ0v) is 20.5. The van der Waals surface area contributed by atoms with Gasteiger partial charge in [-0.05, 0) is 57.4 Å². The molecule has 3 N–H and O–H groups in total. The number of aliphatic hydroxyl groups is 1. The van der Waals surface area contributed by atoms with Gasteiger partial charge in [0.25, 0.3) is 0 Å². The SMILES string of the molecule is Cc1cc([C@@H](C)Nc2ccc(Cl)nc2C(=O)O)c2nc(N3CCC[C@H]([C@@H](C)O)C3)c(C#N)nc2c1. The van der Waals surface area contributed by atoms with Crippen LogP contribution < -0.4 is 10.2 Å². The first-order chi connectivity index (χ1) is 16.7. The number of carbonyl (C=O) groups is 1. The summed E-state index contributed by atoms with van der Waals surface area (Å²) in [6, 6.07) is 8.81. The maximum Gasteiger partial charge on any atom is 0.356 e. The summed E-state index contributed by atoms with van der Waals surface area (Å²) in [5.41, 5.74) is 3.38. The number of aromatic carboxylic acids is 1. The van der Waals surface area contributed by atoms with Crippen molar-refractivity contribution in [3.8, 4) is 6.07 Å². The van der Waals surface area contributed by atoms with Crippen LogP contribution in [0.25, 0.3) is 11.0 Å². The van der Waals surface area contributed by atoms with Gasteiger partial charge in [0.2, 0.25) is 0 Å². The topological polar surface area (TPSA) is 135 Å². The first-order valence-electron chi connectivity index (χ1n) is 11.5. The molecular weight excluding hydrogens is 468 g/mol. The molecule has 0 amide bonds. The second kappa shape index (κ2) is 10.0. The summed E-state index contributed by atoms with van der Waals surface area (Å²) in [6.45, 7) is 6.95. The largest absolute Gasteiger partial charge is 0.476 e. The van der Waals surface area contributed by atoms with Crippen LogP contribution in [0.1, 0.15) is 60.0 Å². The number of pyridine rings is 1. The van der Waals surface area contributed by atoms with E-state index in [1.165, 1.54) is 6.07 Å². The third-order valence-corrected chi connectivity index (χ3v) is 6.58. The van der Waals surface area contributed by atoms with E-state index in [2.05, 4.69) is 21.4 Å². The average Bonchev–Trinajstić information content (AvgIpc) is 2.83. The fourth-order valence-electron chi connectivity index (χ4n) is 4.57. The van der Waals surface area contributed by atoms with Crippen molar-refractivity contribution in [3.05, 3.63) is 51.9 Å². The molecule has 1 saturated heterocycles. The number of rotatable bonds is 6. The number of hydrogen-bond acceptors (Lipinski definition) is 8. The van der Waals surface area contributed by atoms with Crippen LogP contribution in [0.15, 0.2) is 24.3 Å². The third kappa shape index (κ3) is 5.14. The molecule has 4 rings (SSSR count). The van der Waals surface area contributed by atoms with E-state index < -0.39 is 12.1 Å². The second-order valence-electron chi connectivity index (χ2n) is 9.02. The third-order valence-electron chi connectivity index (χ3n) is 6.37. The lowest BCUT2D eigenvalue weighted by atomic mass is 9.93. The molecule has 1 aromatic carbocycles. The van der Waals surface area contributed by atoms with E-state index in [0.717, 1.165) is 30.5 Å². The molecule has 2 aromatic heterocycles. The summed E-state index contributed by atoms with van der Waals surface area (Å²) in [5.74, 6) is -0.588. The number of carboxylic acids is 1. The number of aryl methyl sites for hydroxylation is 1. The van der Waals surface area contributed by atoms with Crippen LogP contribution in [0.5, 0.6) is 0 Å². The van der Waals surface area contributed by atoms with Gasteiger partial charge < -0.3 is 20.4 Å². The molecule has 3 atom stereocenters. The van der Waals surface area contributed by atoms with Gasteiger partial charge in [-0.3, -0.25) is 0 Å². The van der Waals surface area contributed by atoms with Crippen molar-refractivity contribution < 1.29 is 15.0 Å². The maximum atomic E-state index is 11.7. The van der Waals surface area contributed by atoms with Gasteiger partial charge in [0.1, 0.15) is 11.2 Å². The Bertz CT molecular complexity index is 1320. The predicted octanol–water partition coefficient (Wildman–Crippen LogP) is 4.33. The maximum absolute atomic E-state index is 11.7. The van der Waals surface area contributed by atoms with E-state index in [0.29, 0.717) is 29.1 Å². The summed E-state index contributed by atoms with van der Waals surface area (Å²) >= 11 is 5.90. The monoisotopic (exact) mass is 494 g/mol. The van der Waals surface area contributed by atoms with Crippen LogP contribution in [0.2, 0.25) is 5.15 Å². The summed E-state index contributed by atoms with van der Waals surface area (Å²) < 4.78 is 0. The number of nitrogens with zero attached hydrogens (tertiary/aromatic N) is 5. The van der Waals surface area contributed by atoms with Gasteiger partial charge in [0, 0.05) is 24.6 Å². The Morgan fingerprint density at radius 2 is 2.06 bits per heavy atom. The van der Waals surface area contributed by atoms with Crippen molar-refractivity contribution in [1.82, 2.24) is 15.0 Å². The van der Waals surface area contributed by atoms with E-state index in [4.69, 9.17) is 16.6 Å². The molecule has 0 unspecified atom stereocenters. The van der Waals surface area contributed by atoms with E-state index in [1.807, 2.05) is 30.9 Å². The molecule has 3 heterocycles. The highest BCUT2D eigenvalue weighted by Crippen LogP contribution is 2.32. The Hall–Kier alpha value is -3.48. The number of aliphatic hydroxyl groups excluding tert-OH is 1. The summed E-state index contributed by atoms with van der Waals surface area (Å²) in [4.78, 5) is 27.2. The number of benzene rings is 1. The van der Waals surface area contributed by atoms with Crippen LogP contribution in [0.3, 0.4) is 0 Å². The number of piperidine rings is 1. The fraction of sp³-hybridized carbons (Fsp3) is 0.400. The predicted molar refractivity (Wildman–Crippen MR) is 134 cm³/mol. The Kier molecular flexibility index (Phi) is 7.05. The minimum Gasteiger partial charge on any atom is -0.476 e. The molecule has 182 valence electrons. The van der Waals surface area contributed by atoms with E-state index in [-0.39, 0.29) is 28.5 Å². The minimum atomic E-state index is -1.19. The van der Waals surface area contributed by atoms with Crippen molar-refractivity contribution in [3.63, 3.8) is 0 Å². The average molecular weight is 495 g/mol. The number of hydrogen-bond donors (Lipinski definition) is 3. The number of aromatic nitrogens is 3. The van der Waals surface area contributed by atoms with Crippen molar-refractivity contribution in [1.29, 1.82) is 5.26 Å². The molecule has 35 heavy (non-hydrogen) atoms. The summed E-state index contributed by atoms with van der Waals surface area (Å²) in [5, 5.41) is 32.8. The Labute approximate surface area is 208 Å². The smallest absolute Gasteiger partial charge is 0.356 e. The van der Waals surface area contributed by atoms with Crippen LogP contribution >= 0.6 is 11.6 Å². The van der Waals surface area contributed by atoms with Gasteiger partial charge in [0.15, 0.2) is 17.2 Å². The van der Waals surface area contributed by atoms with Gasteiger partial charge in [-0.2, -0.15) is 5.26 Å². The van der Waals surface area contributed by atoms with Crippen molar-refractivity contribution >= 4 is 40.1 Å². The van der Waals surface area contributed by atoms with Crippen molar-refractivity contribution in [2.24, 2.45) is 5.92 Å². The molecular formula is C25H27ClN6O3. The molecule has 1 fully saturated rings. The molecule has 0 saturated carbocycles. The van der Waals surface area contributed by atoms with E-state index in [9.17, 15) is 20.3 Å². The first kappa shape index (κ1) is 24.6. The molecule has 1 aliphatic heterocycles. The lowest BCUT2D eigenvalue weighted by molar-refractivity contribution is 0.0691. The number of fused-ring (bicyclic) bond motifs is 1. The number of nitrogens with one attached hydrogen (secondary N) is 1. The number of nitriles is 1. The highest BCUT2D eigenvalue weighted by atomic mass is 35.5. The normalized spacial score (nSPS) is 17.6. The zero-order chi connectivity index (χ0) is 25.3. The standard InChI is InChI=1S/C25H27ClN6O3/c1-13-9-17(14(2)28-18-6-7-21(26)30-23(18)25(34)35)22-19(10-13)29-20(11-27)24(31-22)32-8-4-5-16(12-32)15(3)33/h6-7,9-10,14-16,28,33H,4-5,8,12H2,1-3H3,(H,34,35)/t14-,15-,16+/m1/s1. The Balaban J connectivity index is 1.78. The number of carboxylic acid groups (broad SMARTS) is 1. The Morgan fingerprint density at radius 1 is 1.29 bits per heavy atom. The molecule has 0 radical (unpaired) electrons. The Morgan fingerprint density at radius 3 is 2.74 bits per heavy atom. The van der Waals surface area contributed by atoms with Crippen molar-refractivity contribution in [2.45, 2.75) is 45.8 Å². The first-order valence-corrected chi connectivity index (χ1v) is 11.9. The second-order valence-corrected chi connectivity index (χ2v) is 9.41. The molecule has 1 aliphatic rings.